The van der Waals surface area contributed by atoms with E-state index in [9.17, 15) is 4.79 Å². The predicted octanol–water partition coefficient (Wildman–Crippen LogP) is 2.07. The molecule has 1 aromatic carbocycles. The molecule has 16 heavy (non-hydrogen) atoms. The number of benzene rings is 1. The summed E-state index contributed by atoms with van der Waals surface area (Å²) in [4.78, 5) is 13.6. The highest BCUT2D eigenvalue weighted by Gasteiger charge is 2.10. The van der Waals surface area contributed by atoms with Gasteiger partial charge in [-0.15, -0.1) is 0 Å². The molecule has 0 fully saturated rings. The van der Waals surface area contributed by atoms with Gasteiger partial charge in [0.05, 0.1) is 6.42 Å². The molecular formula is C13H20N2O. The Morgan fingerprint density at radius 2 is 2.06 bits per heavy atom. The molecule has 3 nitrogen and oxygen atoms in total. The minimum atomic E-state index is 0.131. The molecule has 2 N–H and O–H groups in total. The summed E-state index contributed by atoms with van der Waals surface area (Å²) in [7, 11) is 1.84. The zero-order valence-corrected chi connectivity index (χ0v) is 10.1. The van der Waals surface area contributed by atoms with Crippen LogP contribution in [-0.4, -0.2) is 24.4 Å². The van der Waals surface area contributed by atoms with Crippen LogP contribution in [0.3, 0.4) is 0 Å². The number of amides is 1. The molecule has 0 saturated carbocycles. The summed E-state index contributed by atoms with van der Waals surface area (Å²) in [6.07, 6.45) is 2.55. The molecule has 0 spiro atoms. The molecule has 0 saturated heterocycles. The van der Waals surface area contributed by atoms with Gasteiger partial charge < -0.3 is 10.6 Å². The van der Waals surface area contributed by atoms with E-state index < -0.39 is 0 Å². The van der Waals surface area contributed by atoms with Crippen molar-refractivity contribution in [3.05, 3.63) is 29.8 Å². The number of hydrogen-bond acceptors (Lipinski definition) is 2. The molecular weight excluding hydrogens is 200 g/mol. The second-order valence-corrected chi connectivity index (χ2v) is 4.04. The minimum absolute atomic E-state index is 0.131. The fourth-order valence-corrected chi connectivity index (χ4v) is 1.51. The van der Waals surface area contributed by atoms with Crippen LogP contribution in [0.2, 0.25) is 0 Å². The fraction of sp³-hybridized carbons (Fsp3) is 0.462. The summed E-state index contributed by atoms with van der Waals surface area (Å²) < 4.78 is 0. The summed E-state index contributed by atoms with van der Waals surface area (Å²) >= 11 is 0. The first-order valence-corrected chi connectivity index (χ1v) is 5.72. The Labute approximate surface area is 97.2 Å². The molecule has 0 aliphatic heterocycles. The van der Waals surface area contributed by atoms with Gasteiger partial charge in [0, 0.05) is 19.3 Å². The van der Waals surface area contributed by atoms with E-state index in [0.717, 1.165) is 24.9 Å². The Balaban J connectivity index is 2.54. The van der Waals surface area contributed by atoms with E-state index >= 15 is 0 Å². The molecule has 0 atom stereocenters. The van der Waals surface area contributed by atoms with E-state index in [1.807, 2.05) is 31.3 Å². The fourth-order valence-electron chi connectivity index (χ4n) is 1.51. The van der Waals surface area contributed by atoms with Crippen LogP contribution in [0.4, 0.5) is 5.69 Å². The van der Waals surface area contributed by atoms with E-state index in [0.29, 0.717) is 12.1 Å². The van der Waals surface area contributed by atoms with Crippen molar-refractivity contribution in [2.75, 3.05) is 19.3 Å². The molecule has 1 amide bonds. The molecule has 3 heteroatoms. The van der Waals surface area contributed by atoms with E-state index in [1.54, 1.807) is 4.90 Å². The number of hydrogen-bond donors (Lipinski definition) is 1. The maximum absolute atomic E-state index is 11.8. The number of nitrogens with two attached hydrogens (primary N) is 1. The van der Waals surface area contributed by atoms with E-state index in [1.165, 1.54) is 0 Å². The van der Waals surface area contributed by atoms with Crippen molar-refractivity contribution in [1.82, 2.24) is 4.90 Å². The third-order valence-electron chi connectivity index (χ3n) is 2.67. The van der Waals surface area contributed by atoms with Gasteiger partial charge in [0.1, 0.15) is 0 Å². The molecule has 88 valence electrons. The first-order chi connectivity index (χ1) is 7.65. The van der Waals surface area contributed by atoms with Crippen LogP contribution in [-0.2, 0) is 11.2 Å². The Hall–Kier alpha value is -1.51. The second-order valence-electron chi connectivity index (χ2n) is 4.04. The van der Waals surface area contributed by atoms with Crippen molar-refractivity contribution < 1.29 is 4.79 Å². The SMILES string of the molecule is CCCCN(C)C(=O)Cc1ccccc1N. The Morgan fingerprint density at radius 3 is 2.69 bits per heavy atom. The van der Waals surface area contributed by atoms with Crippen LogP contribution in [0.5, 0.6) is 0 Å². The number of para-hydroxylation sites is 1. The highest BCUT2D eigenvalue weighted by atomic mass is 16.2. The molecule has 0 aromatic heterocycles. The molecule has 0 radical (unpaired) electrons. The Kier molecular flexibility index (Phi) is 4.83. The third-order valence-corrected chi connectivity index (χ3v) is 2.67. The number of nitrogen functional groups attached to an aromatic ring is 1. The number of unbranched alkanes of at least 4 members (excludes halogenated alkanes) is 1. The van der Waals surface area contributed by atoms with E-state index in [2.05, 4.69) is 6.92 Å². The first-order valence-electron chi connectivity index (χ1n) is 5.72. The third kappa shape index (κ3) is 3.57. The number of carbonyl (C=O) groups excluding carboxylic acids is 1. The van der Waals surface area contributed by atoms with Gasteiger partial charge >= 0.3 is 0 Å². The standard InChI is InChI=1S/C13H20N2O/c1-3-4-9-15(2)13(16)10-11-7-5-6-8-12(11)14/h5-8H,3-4,9-10,14H2,1-2H3. The van der Waals surface area contributed by atoms with Gasteiger partial charge in [-0.2, -0.15) is 0 Å². The second kappa shape index (κ2) is 6.16. The van der Waals surface area contributed by atoms with Crippen LogP contribution in [0.15, 0.2) is 24.3 Å². The lowest BCUT2D eigenvalue weighted by Gasteiger charge is -2.17. The summed E-state index contributed by atoms with van der Waals surface area (Å²) in [6, 6.07) is 7.52. The Bertz CT molecular complexity index is 350. The molecule has 0 aliphatic carbocycles. The number of rotatable bonds is 5. The summed E-state index contributed by atoms with van der Waals surface area (Å²) in [5.74, 6) is 0.131. The molecule has 0 bridgehead atoms. The maximum atomic E-state index is 11.8. The van der Waals surface area contributed by atoms with Crippen LogP contribution < -0.4 is 5.73 Å². The summed E-state index contributed by atoms with van der Waals surface area (Å²) in [5, 5.41) is 0. The summed E-state index contributed by atoms with van der Waals surface area (Å²) in [5.41, 5.74) is 7.41. The Morgan fingerprint density at radius 1 is 1.38 bits per heavy atom. The van der Waals surface area contributed by atoms with Crippen molar-refractivity contribution in [2.45, 2.75) is 26.2 Å². The van der Waals surface area contributed by atoms with E-state index in [-0.39, 0.29) is 5.91 Å². The minimum Gasteiger partial charge on any atom is -0.398 e. The lowest BCUT2D eigenvalue weighted by molar-refractivity contribution is -0.129. The molecule has 1 rings (SSSR count). The van der Waals surface area contributed by atoms with Gasteiger partial charge in [-0.1, -0.05) is 31.5 Å². The van der Waals surface area contributed by atoms with Crippen LogP contribution >= 0.6 is 0 Å². The van der Waals surface area contributed by atoms with Gasteiger partial charge in [0.15, 0.2) is 0 Å². The van der Waals surface area contributed by atoms with Crippen LogP contribution in [0.25, 0.3) is 0 Å². The van der Waals surface area contributed by atoms with Gasteiger partial charge in [0.2, 0.25) is 5.91 Å². The maximum Gasteiger partial charge on any atom is 0.226 e. The van der Waals surface area contributed by atoms with Crippen molar-refractivity contribution >= 4 is 11.6 Å². The lowest BCUT2D eigenvalue weighted by atomic mass is 10.1. The number of carbonyl (C=O) groups is 1. The molecule has 0 unspecified atom stereocenters. The topological polar surface area (TPSA) is 46.3 Å². The predicted molar refractivity (Wildman–Crippen MR) is 67.1 cm³/mol. The average molecular weight is 220 g/mol. The number of anilines is 1. The average Bonchev–Trinajstić information content (AvgIpc) is 2.28. The first kappa shape index (κ1) is 12.6. The van der Waals surface area contributed by atoms with Crippen molar-refractivity contribution in [2.24, 2.45) is 0 Å². The quantitative estimate of drug-likeness (QED) is 0.772. The van der Waals surface area contributed by atoms with Crippen molar-refractivity contribution in [1.29, 1.82) is 0 Å². The smallest absolute Gasteiger partial charge is 0.226 e. The zero-order valence-electron chi connectivity index (χ0n) is 10.1. The van der Waals surface area contributed by atoms with Crippen LogP contribution in [0, 0.1) is 0 Å². The normalized spacial score (nSPS) is 10.1. The molecule has 0 aliphatic rings. The molecule has 0 heterocycles. The van der Waals surface area contributed by atoms with Crippen LogP contribution in [0.1, 0.15) is 25.3 Å². The van der Waals surface area contributed by atoms with E-state index in [4.69, 9.17) is 5.73 Å². The van der Waals surface area contributed by atoms with Gasteiger partial charge in [0.25, 0.3) is 0 Å². The highest BCUT2D eigenvalue weighted by Crippen LogP contribution is 2.12. The van der Waals surface area contributed by atoms with Gasteiger partial charge in [-0.3, -0.25) is 4.79 Å². The monoisotopic (exact) mass is 220 g/mol. The van der Waals surface area contributed by atoms with Crippen molar-refractivity contribution in [3.8, 4) is 0 Å². The molecule has 1 aromatic rings. The number of likely N-dealkylation sites (N-methyl/N-ethyl adjacent to an activating group) is 1. The van der Waals surface area contributed by atoms with Crippen molar-refractivity contribution in [3.63, 3.8) is 0 Å². The summed E-state index contributed by atoms with van der Waals surface area (Å²) in [6.45, 7) is 2.94. The van der Waals surface area contributed by atoms with Gasteiger partial charge in [-0.25, -0.2) is 0 Å². The zero-order chi connectivity index (χ0) is 12.0. The largest absolute Gasteiger partial charge is 0.398 e. The van der Waals surface area contributed by atoms with Gasteiger partial charge in [-0.05, 0) is 18.1 Å². The number of nitrogens with zero attached hydrogens (tertiary/aromatic N) is 1. The lowest BCUT2D eigenvalue weighted by Crippen LogP contribution is -2.29. The highest BCUT2D eigenvalue weighted by molar-refractivity contribution is 5.80.